The van der Waals surface area contributed by atoms with Gasteiger partial charge in [0, 0.05) is 0 Å². The van der Waals surface area contributed by atoms with Gasteiger partial charge in [-0.2, -0.15) is 0 Å². The Hall–Kier alpha value is -0.400. The number of hydrogen-bond donors (Lipinski definition) is 0. The van der Waals surface area contributed by atoms with E-state index in [4.69, 9.17) is 0 Å². The van der Waals surface area contributed by atoms with E-state index in [0.29, 0.717) is 19.1 Å². The molecule has 40 heavy (non-hydrogen) atoms. The average Bonchev–Trinajstić information content (AvgIpc) is 3.24. The predicted octanol–water partition coefficient (Wildman–Crippen LogP) is 5.38. The molecule has 0 nitrogen and oxygen atoms in total. The van der Waals surface area contributed by atoms with Crippen molar-refractivity contribution in [3.63, 3.8) is 0 Å². The fourth-order valence-electron chi connectivity index (χ4n) is 7.90. The van der Waals surface area contributed by atoms with Crippen molar-refractivity contribution < 1.29 is 45.2 Å². The van der Waals surface area contributed by atoms with Gasteiger partial charge in [-0.3, -0.25) is 0 Å². The molecule has 0 N–H and O–H groups in total. The third-order valence-electron chi connectivity index (χ3n) is 9.81. The summed E-state index contributed by atoms with van der Waals surface area (Å²) in [4.78, 5) is 0. The number of fused-ring (bicyclic) bond motifs is 2. The maximum Gasteiger partial charge on any atom is -1.00 e. The number of hydrogen-bond acceptors (Lipinski definition) is 0. The summed E-state index contributed by atoms with van der Waals surface area (Å²) in [6.45, 7) is 34.7. The van der Waals surface area contributed by atoms with E-state index in [1.54, 1.807) is 66.8 Å². The van der Waals surface area contributed by atoms with Gasteiger partial charge in [0.25, 0.3) is 0 Å². The molecule has 2 atom stereocenters. The summed E-state index contributed by atoms with van der Waals surface area (Å²) < 4.78 is 1.40. The first kappa shape index (κ1) is 35.8. The quantitative estimate of drug-likeness (QED) is 0.361. The number of allylic oxidation sites excluding steroid dienone is 4. The van der Waals surface area contributed by atoms with Crippen molar-refractivity contribution in [2.24, 2.45) is 0 Å². The molecule has 0 amide bonds. The molecule has 0 saturated heterocycles. The zero-order valence-electron chi connectivity index (χ0n) is 27.5. The monoisotopic (exact) mass is 672 g/mol. The predicted molar refractivity (Wildman–Crippen MR) is 169 cm³/mol. The zero-order valence-corrected chi connectivity index (χ0v) is 32.5. The largest absolute Gasteiger partial charge is 1.00 e. The second-order valence-corrected chi connectivity index (χ2v) is 29.5. The van der Waals surface area contributed by atoms with E-state index in [9.17, 15) is 0 Å². The smallest absolute Gasteiger partial charge is 1.00 e. The second-order valence-electron chi connectivity index (χ2n) is 13.5. The summed E-state index contributed by atoms with van der Waals surface area (Å²) in [5.74, 6) is 1.12. The molecule has 218 valence electrons. The fourth-order valence-corrected chi connectivity index (χ4v) is 37.8. The van der Waals surface area contributed by atoms with Crippen LogP contribution in [0, 0.1) is 13.8 Å². The summed E-state index contributed by atoms with van der Waals surface area (Å²) in [6, 6.07) is 9.81. The Labute approximate surface area is 266 Å². The maximum atomic E-state index is 2.58. The van der Waals surface area contributed by atoms with Crippen LogP contribution in [-0.2, 0) is 20.4 Å². The van der Waals surface area contributed by atoms with Crippen LogP contribution in [0.3, 0.4) is 0 Å². The van der Waals surface area contributed by atoms with Gasteiger partial charge in [0.15, 0.2) is 0 Å². The Balaban J connectivity index is 0.00000280. The Morgan fingerprint density at radius 2 is 0.875 bits per heavy atom. The minimum absolute atomic E-state index is 0. The second kappa shape index (κ2) is 13.5. The molecular weight excluding hydrogens is 623 g/mol. The Kier molecular flexibility index (Phi) is 12.1. The van der Waals surface area contributed by atoms with Crippen LogP contribution < -0.4 is 24.8 Å². The molecule has 0 radical (unpaired) electrons. The van der Waals surface area contributed by atoms with E-state index in [2.05, 4.69) is 121 Å². The van der Waals surface area contributed by atoms with Crippen LogP contribution in [0.4, 0.5) is 0 Å². The van der Waals surface area contributed by atoms with Gasteiger partial charge < -0.3 is 24.8 Å². The van der Waals surface area contributed by atoms with Gasteiger partial charge in [-0.1, -0.05) is 0 Å². The third kappa shape index (κ3) is 5.75. The van der Waals surface area contributed by atoms with Gasteiger partial charge in [-0.25, -0.2) is 0 Å². The molecule has 2 aromatic carbocycles. The Morgan fingerprint density at radius 3 is 1.15 bits per heavy atom. The molecule has 0 fully saturated rings. The normalized spacial score (nSPS) is 17.8. The van der Waals surface area contributed by atoms with Crippen molar-refractivity contribution in [3.8, 4) is 0 Å². The van der Waals surface area contributed by atoms with Gasteiger partial charge in [0.2, 0.25) is 0 Å². The molecule has 0 spiro atoms. The van der Waals surface area contributed by atoms with E-state index in [1.807, 2.05) is 0 Å². The number of aryl methyl sites for hydroxylation is 2. The van der Waals surface area contributed by atoms with Crippen LogP contribution in [0.2, 0.25) is 11.1 Å². The van der Waals surface area contributed by atoms with Crippen molar-refractivity contribution in [1.82, 2.24) is 0 Å². The number of rotatable bonds is 6. The first-order valence-electron chi connectivity index (χ1n) is 15.1. The Bertz CT molecular complexity index is 1280. The molecule has 2 aliphatic rings. The molecule has 4 heteroatoms. The molecule has 0 aliphatic heterocycles. The number of halogens is 2. The molecule has 2 unspecified atom stereocenters. The molecule has 0 aromatic heterocycles. The van der Waals surface area contributed by atoms with E-state index in [1.165, 1.54) is 0 Å². The summed E-state index contributed by atoms with van der Waals surface area (Å²) in [7, 11) is 0. The van der Waals surface area contributed by atoms with E-state index in [-0.39, 0.29) is 24.8 Å². The van der Waals surface area contributed by atoms with Crippen LogP contribution in [0.25, 0.3) is 11.1 Å². The third-order valence-corrected chi connectivity index (χ3v) is 36.4. The van der Waals surface area contributed by atoms with E-state index < -0.39 is 25.8 Å². The molecular formula is C36H52Cl2SiZr. The number of benzene rings is 2. The van der Waals surface area contributed by atoms with Crippen molar-refractivity contribution in [2.75, 3.05) is 0 Å². The van der Waals surface area contributed by atoms with Crippen molar-refractivity contribution in [2.45, 2.75) is 127 Å². The molecule has 2 aliphatic carbocycles. The molecule has 4 rings (SSSR count). The van der Waals surface area contributed by atoms with Gasteiger partial charge in [-0.15, -0.1) is 0 Å². The van der Waals surface area contributed by atoms with Gasteiger partial charge in [0.05, 0.1) is 0 Å². The minimum Gasteiger partial charge on any atom is -1.00 e. The molecule has 0 bridgehead atoms. The zero-order chi connectivity index (χ0) is 28.4. The molecule has 2 aromatic rings. The average molecular weight is 675 g/mol. The fraction of sp³-hybridized carbons (Fsp3) is 0.556. The van der Waals surface area contributed by atoms with Crippen molar-refractivity contribution >= 4 is 16.6 Å². The minimum atomic E-state index is -2.26. The SMILES string of the molecule is CC1=C(C)[CH]([Zr+2]([CH]2C(C)=C(C)c3c(C(C)C)ccc(C)c32)=[Si](C(C)C)C(C)C)c2c(C)ccc(C(C)C)c21.[Cl-].[Cl-]. The van der Waals surface area contributed by atoms with Gasteiger partial charge >= 0.3 is 244 Å². The Morgan fingerprint density at radius 1 is 0.550 bits per heavy atom. The van der Waals surface area contributed by atoms with Crippen molar-refractivity contribution in [1.29, 1.82) is 0 Å². The summed E-state index contributed by atoms with van der Waals surface area (Å²) in [5, 5.41) is 0. The molecule has 0 heterocycles. The standard InChI is InChI=1S/2C15H19.C6H14Si.2ClH.Zr/c2*1-9(2)13-7-6-10(3)14-8-11(4)12(5)15(13)14;1-5(2)7-6(3)4;;;/h2*6-9H,1-5H3;5-6H,1-4H3;2*1H;/q;;;;;+2/p-2. The summed E-state index contributed by atoms with van der Waals surface area (Å²) >= 11 is -2.26. The first-order valence-corrected chi connectivity index (χ1v) is 23.3. The summed E-state index contributed by atoms with van der Waals surface area (Å²) in [5.41, 5.74) is 20.8. The van der Waals surface area contributed by atoms with Gasteiger partial charge in [0.1, 0.15) is 0 Å². The molecule has 0 saturated carbocycles. The summed E-state index contributed by atoms with van der Waals surface area (Å²) in [6.07, 6.45) is 0. The van der Waals surface area contributed by atoms with Crippen LogP contribution in [0.15, 0.2) is 35.4 Å². The van der Waals surface area contributed by atoms with Crippen molar-refractivity contribution in [3.05, 3.63) is 79.9 Å². The van der Waals surface area contributed by atoms with Crippen LogP contribution in [0.1, 0.15) is 147 Å². The van der Waals surface area contributed by atoms with Crippen LogP contribution >= 0.6 is 0 Å². The van der Waals surface area contributed by atoms with E-state index >= 15 is 0 Å². The maximum absolute atomic E-state index is 2.58. The van der Waals surface area contributed by atoms with Crippen LogP contribution in [-0.4, -0.2) is 5.43 Å². The topological polar surface area (TPSA) is 0 Å². The first-order chi connectivity index (χ1) is 17.7. The van der Waals surface area contributed by atoms with Gasteiger partial charge in [-0.05, 0) is 0 Å². The van der Waals surface area contributed by atoms with E-state index in [0.717, 1.165) is 11.1 Å². The van der Waals surface area contributed by atoms with Crippen LogP contribution in [0.5, 0.6) is 0 Å².